The van der Waals surface area contributed by atoms with E-state index in [0.29, 0.717) is 23.1 Å². The molecule has 0 saturated carbocycles. The van der Waals surface area contributed by atoms with Crippen LogP contribution in [-0.4, -0.2) is 59.2 Å². The Morgan fingerprint density at radius 3 is 2.67 bits per heavy atom. The Labute approximate surface area is 157 Å². The van der Waals surface area contributed by atoms with Gasteiger partial charge in [-0.05, 0) is 31.2 Å². The molecule has 8 heteroatoms. The summed E-state index contributed by atoms with van der Waals surface area (Å²) in [4.78, 5) is 21.7. The number of hydrogen-bond acceptors (Lipinski definition) is 4. The maximum absolute atomic E-state index is 13.1. The number of rotatable bonds is 3. The summed E-state index contributed by atoms with van der Waals surface area (Å²) in [6, 6.07) is 12.3. The van der Waals surface area contributed by atoms with Crippen LogP contribution in [0.15, 0.2) is 59.8 Å². The second-order valence-corrected chi connectivity index (χ2v) is 8.54. The van der Waals surface area contributed by atoms with Crippen molar-refractivity contribution < 1.29 is 13.2 Å². The summed E-state index contributed by atoms with van der Waals surface area (Å²) in [5, 5.41) is 0.577. The molecule has 0 unspecified atom stereocenters. The van der Waals surface area contributed by atoms with Crippen molar-refractivity contribution in [2.75, 3.05) is 19.6 Å². The van der Waals surface area contributed by atoms with E-state index >= 15 is 0 Å². The molecule has 1 saturated heterocycles. The third kappa shape index (κ3) is 3.11. The van der Waals surface area contributed by atoms with Crippen molar-refractivity contribution in [3.05, 3.63) is 60.4 Å². The van der Waals surface area contributed by atoms with Gasteiger partial charge in [0.25, 0.3) is 5.91 Å². The number of carbonyl (C=O) groups is 1. The molecule has 1 aliphatic heterocycles. The SMILES string of the molecule is C[C@H]1CN(S(=O)(=O)c2c[nH]c3ncccc23)CCN1C(=O)c1ccccc1. The molecule has 1 amide bonds. The Morgan fingerprint density at radius 2 is 1.93 bits per heavy atom. The van der Waals surface area contributed by atoms with E-state index in [1.165, 1.54) is 10.5 Å². The highest BCUT2D eigenvalue weighted by atomic mass is 32.2. The van der Waals surface area contributed by atoms with Crippen LogP contribution in [0.1, 0.15) is 17.3 Å². The Bertz CT molecular complexity index is 1080. The molecule has 140 valence electrons. The number of benzene rings is 1. The maximum atomic E-state index is 13.1. The van der Waals surface area contributed by atoms with Crippen LogP contribution in [0.2, 0.25) is 0 Å². The monoisotopic (exact) mass is 384 g/mol. The second-order valence-electron chi connectivity index (χ2n) is 6.63. The van der Waals surface area contributed by atoms with E-state index in [2.05, 4.69) is 9.97 Å². The number of aromatic amines is 1. The third-order valence-corrected chi connectivity index (χ3v) is 6.81. The van der Waals surface area contributed by atoms with Crippen molar-refractivity contribution in [1.29, 1.82) is 0 Å². The van der Waals surface area contributed by atoms with Crippen LogP contribution in [0.25, 0.3) is 11.0 Å². The Morgan fingerprint density at radius 1 is 1.15 bits per heavy atom. The van der Waals surface area contributed by atoms with Gasteiger partial charge in [-0.25, -0.2) is 13.4 Å². The molecule has 1 atom stereocenters. The zero-order chi connectivity index (χ0) is 19.0. The Kier molecular flexibility index (Phi) is 4.45. The van der Waals surface area contributed by atoms with Crippen LogP contribution in [0.5, 0.6) is 0 Å². The van der Waals surface area contributed by atoms with Crippen molar-refractivity contribution in [3.63, 3.8) is 0 Å². The van der Waals surface area contributed by atoms with Gasteiger partial charge in [0.1, 0.15) is 10.5 Å². The fourth-order valence-corrected chi connectivity index (χ4v) is 5.14. The first-order chi connectivity index (χ1) is 13.0. The number of piperazine rings is 1. The van der Waals surface area contributed by atoms with Crippen molar-refractivity contribution >= 4 is 27.0 Å². The first-order valence-electron chi connectivity index (χ1n) is 8.77. The van der Waals surface area contributed by atoms with Gasteiger partial charge < -0.3 is 9.88 Å². The van der Waals surface area contributed by atoms with Gasteiger partial charge in [-0.2, -0.15) is 4.31 Å². The van der Waals surface area contributed by atoms with Gasteiger partial charge in [0.15, 0.2) is 0 Å². The predicted molar refractivity (Wildman–Crippen MR) is 102 cm³/mol. The number of hydrogen-bond donors (Lipinski definition) is 1. The minimum absolute atomic E-state index is 0.0727. The van der Waals surface area contributed by atoms with E-state index in [1.807, 2.05) is 25.1 Å². The maximum Gasteiger partial charge on any atom is 0.254 e. The average molecular weight is 384 g/mol. The standard InChI is InChI=1S/C19H20N4O3S/c1-14-13-22(10-11-23(14)19(24)15-6-3-2-4-7-15)27(25,26)17-12-21-18-16(17)8-5-9-20-18/h2-9,12,14H,10-11,13H2,1H3,(H,20,21)/t14-/m0/s1. The third-order valence-electron chi connectivity index (χ3n) is 4.90. The number of nitrogens with one attached hydrogen (secondary N) is 1. The zero-order valence-electron chi connectivity index (χ0n) is 14.9. The van der Waals surface area contributed by atoms with Crippen molar-refractivity contribution in [1.82, 2.24) is 19.2 Å². The normalized spacial score (nSPS) is 18.7. The molecule has 7 nitrogen and oxygen atoms in total. The number of sulfonamides is 1. The van der Waals surface area contributed by atoms with Crippen LogP contribution in [0.4, 0.5) is 0 Å². The number of carbonyl (C=O) groups excluding carboxylic acids is 1. The molecular formula is C19H20N4O3S. The minimum Gasteiger partial charge on any atom is -0.345 e. The fraction of sp³-hybridized carbons (Fsp3) is 0.263. The van der Waals surface area contributed by atoms with Gasteiger partial charge >= 0.3 is 0 Å². The molecule has 0 spiro atoms. The van der Waals surface area contributed by atoms with Crippen LogP contribution in [0, 0.1) is 0 Å². The highest BCUT2D eigenvalue weighted by Gasteiger charge is 2.35. The molecule has 3 aromatic rings. The zero-order valence-corrected chi connectivity index (χ0v) is 15.7. The van der Waals surface area contributed by atoms with Gasteiger partial charge in [-0.15, -0.1) is 0 Å². The molecule has 1 fully saturated rings. The number of nitrogens with zero attached hydrogens (tertiary/aromatic N) is 3. The lowest BCUT2D eigenvalue weighted by Gasteiger charge is -2.39. The molecule has 0 aliphatic carbocycles. The molecule has 2 aromatic heterocycles. The summed E-state index contributed by atoms with van der Waals surface area (Å²) < 4.78 is 27.7. The number of aromatic nitrogens is 2. The summed E-state index contributed by atoms with van der Waals surface area (Å²) in [5.41, 5.74) is 1.16. The van der Waals surface area contributed by atoms with Crippen LogP contribution >= 0.6 is 0 Å². The number of fused-ring (bicyclic) bond motifs is 1. The van der Waals surface area contributed by atoms with E-state index in [9.17, 15) is 13.2 Å². The lowest BCUT2D eigenvalue weighted by Crippen LogP contribution is -2.55. The van der Waals surface area contributed by atoms with Crippen molar-refractivity contribution in [3.8, 4) is 0 Å². The molecule has 4 rings (SSSR count). The lowest BCUT2D eigenvalue weighted by molar-refractivity contribution is 0.0591. The molecule has 1 N–H and O–H groups in total. The van der Waals surface area contributed by atoms with Gasteiger partial charge in [-0.1, -0.05) is 18.2 Å². The molecule has 3 heterocycles. The fourth-order valence-electron chi connectivity index (χ4n) is 3.47. The number of pyridine rings is 1. The van der Waals surface area contributed by atoms with E-state index in [1.54, 1.807) is 35.4 Å². The highest BCUT2D eigenvalue weighted by molar-refractivity contribution is 7.89. The van der Waals surface area contributed by atoms with Crippen LogP contribution < -0.4 is 0 Å². The topological polar surface area (TPSA) is 86.4 Å². The molecular weight excluding hydrogens is 364 g/mol. The molecule has 1 aliphatic rings. The summed E-state index contributed by atoms with van der Waals surface area (Å²) in [6.07, 6.45) is 3.10. The molecule has 0 radical (unpaired) electrons. The van der Waals surface area contributed by atoms with E-state index in [4.69, 9.17) is 0 Å². The summed E-state index contributed by atoms with van der Waals surface area (Å²) >= 11 is 0. The predicted octanol–water partition coefficient (Wildman–Crippen LogP) is 2.10. The van der Waals surface area contributed by atoms with Crippen molar-refractivity contribution in [2.45, 2.75) is 17.9 Å². The van der Waals surface area contributed by atoms with Crippen molar-refractivity contribution in [2.24, 2.45) is 0 Å². The quantitative estimate of drug-likeness (QED) is 0.749. The van der Waals surface area contributed by atoms with Crippen LogP contribution in [-0.2, 0) is 10.0 Å². The molecule has 0 bridgehead atoms. The number of H-pyrrole nitrogens is 1. The smallest absolute Gasteiger partial charge is 0.254 e. The summed E-state index contributed by atoms with van der Waals surface area (Å²) in [7, 11) is -3.67. The van der Waals surface area contributed by atoms with E-state index < -0.39 is 10.0 Å². The average Bonchev–Trinajstić information content (AvgIpc) is 3.13. The molecule has 27 heavy (non-hydrogen) atoms. The summed E-state index contributed by atoms with van der Waals surface area (Å²) in [6.45, 7) is 2.75. The van der Waals surface area contributed by atoms with Gasteiger partial charge in [0, 0.05) is 49.0 Å². The first-order valence-corrected chi connectivity index (χ1v) is 10.2. The first kappa shape index (κ1) is 17.7. The highest BCUT2D eigenvalue weighted by Crippen LogP contribution is 2.26. The van der Waals surface area contributed by atoms with Gasteiger partial charge in [-0.3, -0.25) is 4.79 Å². The number of amides is 1. The van der Waals surface area contributed by atoms with Gasteiger partial charge in [0.05, 0.1) is 0 Å². The largest absolute Gasteiger partial charge is 0.345 e. The summed E-state index contributed by atoms with van der Waals surface area (Å²) in [5.74, 6) is -0.0727. The second kappa shape index (κ2) is 6.79. The minimum atomic E-state index is -3.67. The van der Waals surface area contributed by atoms with Gasteiger partial charge in [0.2, 0.25) is 10.0 Å². The van der Waals surface area contributed by atoms with Crippen LogP contribution in [0.3, 0.4) is 0 Å². The molecule has 1 aromatic carbocycles. The van der Waals surface area contributed by atoms with E-state index in [0.717, 1.165) is 0 Å². The van der Waals surface area contributed by atoms with E-state index in [-0.39, 0.29) is 29.9 Å². The lowest BCUT2D eigenvalue weighted by atomic mass is 10.1. The Balaban J connectivity index is 1.56. The Hall–Kier alpha value is -2.71.